The molecule has 1 amide bonds. The van der Waals surface area contributed by atoms with Crippen molar-refractivity contribution in [2.75, 3.05) is 5.32 Å². The Bertz CT molecular complexity index is 583. The molecule has 0 radical (unpaired) electrons. The van der Waals surface area contributed by atoms with Gasteiger partial charge in [0, 0.05) is 0 Å². The highest BCUT2D eigenvalue weighted by atomic mass is 79.9. The standard InChI is InChI=1S/C17H19BrN2O/c1-3-12(2)16(13-7-5-4-6-8-13)17(21)20-14-9-10-15(18)19-11-14/h4-12,16H,3H2,1-2H3,(H,20,21). The van der Waals surface area contributed by atoms with Crippen LogP contribution in [0.4, 0.5) is 5.69 Å². The third-order valence-electron chi connectivity index (χ3n) is 3.65. The molecule has 2 aromatic rings. The molecule has 2 rings (SSSR count). The molecule has 1 aromatic carbocycles. The summed E-state index contributed by atoms with van der Waals surface area (Å²) < 4.78 is 0.752. The average Bonchev–Trinajstić information content (AvgIpc) is 2.50. The largest absolute Gasteiger partial charge is 0.324 e. The first-order chi connectivity index (χ1) is 10.1. The van der Waals surface area contributed by atoms with Crippen LogP contribution in [-0.2, 0) is 4.79 Å². The Morgan fingerprint density at radius 2 is 1.95 bits per heavy atom. The summed E-state index contributed by atoms with van der Waals surface area (Å²) in [6, 6.07) is 13.6. The fourth-order valence-corrected chi connectivity index (χ4v) is 2.54. The van der Waals surface area contributed by atoms with Gasteiger partial charge in [-0.2, -0.15) is 0 Å². The van der Waals surface area contributed by atoms with Crippen LogP contribution in [0, 0.1) is 5.92 Å². The molecule has 0 fully saturated rings. The number of halogens is 1. The SMILES string of the molecule is CCC(C)C(C(=O)Nc1ccc(Br)nc1)c1ccccc1. The van der Waals surface area contributed by atoms with Gasteiger partial charge < -0.3 is 5.32 Å². The second-order valence-corrected chi connectivity index (χ2v) is 5.95. The van der Waals surface area contributed by atoms with E-state index in [1.54, 1.807) is 6.20 Å². The van der Waals surface area contributed by atoms with Gasteiger partial charge in [-0.3, -0.25) is 4.79 Å². The molecule has 2 atom stereocenters. The lowest BCUT2D eigenvalue weighted by Gasteiger charge is -2.22. The Morgan fingerprint density at radius 1 is 1.24 bits per heavy atom. The molecule has 2 unspecified atom stereocenters. The Labute approximate surface area is 133 Å². The Morgan fingerprint density at radius 3 is 2.52 bits per heavy atom. The number of hydrogen-bond donors (Lipinski definition) is 1. The minimum atomic E-state index is -0.153. The van der Waals surface area contributed by atoms with Crippen molar-refractivity contribution in [2.45, 2.75) is 26.2 Å². The average molecular weight is 347 g/mol. The molecular weight excluding hydrogens is 328 g/mol. The van der Waals surface area contributed by atoms with E-state index >= 15 is 0 Å². The molecule has 0 bridgehead atoms. The number of rotatable bonds is 5. The van der Waals surface area contributed by atoms with Gasteiger partial charge in [-0.15, -0.1) is 0 Å². The van der Waals surface area contributed by atoms with Crippen LogP contribution in [0.1, 0.15) is 31.7 Å². The van der Waals surface area contributed by atoms with Gasteiger partial charge in [-0.05, 0) is 39.5 Å². The molecule has 0 aliphatic carbocycles. The van der Waals surface area contributed by atoms with E-state index in [0.717, 1.165) is 16.6 Å². The van der Waals surface area contributed by atoms with E-state index in [-0.39, 0.29) is 17.7 Å². The zero-order valence-corrected chi connectivity index (χ0v) is 13.8. The second-order valence-electron chi connectivity index (χ2n) is 5.13. The first kappa shape index (κ1) is 15.7. The van der Waals surface area contributed by atoms with E-state index in [0.29, 0.717) is 5.69 Å². The highest BCUT2D eigenvalue weighted by Crippen LogP contribution is 2.28. The van der Waals surface area contributed by atoms with Crippen LogP contribution in [0.5, 0.6) is 0 Å². The molecule has 0 saturated heterocycles. The molecular formula is C17H19BrN2O. The monoisotopic (exact) mass is 346 g/mol. The highest BCUT2D eigenvalue weighted by Gasteiger charge is 2.25. The van der Waals surface area contributed by atoms with Crippen LogP contribution in [0.2, 0.25) is 0 Å². The zero-order chi connectivity index (χ0) is 15.2. The molecule has 21 heavy (non-hydrogen) atoms. The Balaban J connectivity index is 2.20. The number of aromatic nitrogens is 1. The minimum Gasteiger partial charge on any atom is -0.324 e. The lowest BCUT2D eigenvalue weighted by atomic mass is 9.85. The maximum absolute atomic E-state index is 12.6. The second kappa shape index (κ2) is 7.36. The van der Waals surface area contributed by atoms with Crippen LogP contribution < -0.4 is 5.32 Å². The van der Waals surface area contributed by atoms with Crippen molar-refractivity contribution in [3.63, 3.8) is 0 Å². The van der Waals surface area contributed by atoms with Crippen LogP contribution >= 0.6 is 15.9 Å². The quantitative estimate of drug-likeness (QED) is 0.803. The Kier molecular flexibility index (Phi) is 5.51. The van der Waals surface area contributed by atoms with Gasteiger partial charge >= 0.3 is 0 Å². The first-order valence-electron chi connectivity index (χ1n) is 7.09. The van der Waals surface area contributed by atoms with Crippen molar-refractivity contribution in [3.05, 3.63) is 58.8 Å². The summed E-state index contributed by atoms with van der Waals surface area (Å²) in [5.74, 6) is 0.135. The Hall–Kier alpha value is -1.68. The van der Waals surface area contributed by atoms with Gasteiger partial charge in [0.15, 0.2) is 0 Å². The third-order valence-corrected chi connectivity index (χ3v) is 4.12. The molecule has 1 aromatic heterocycles. The number of carbonyl (C=O) groups is 1. The topological polar surface area (TPSA) is 42.0 Å². The lowest BCUT2D eigenvalue weighted by molar-refractivity contribution is -0.118. The molecule has 0 aliphatic rings. The summed E-state index contributed by atoms with van der Waals surface area (Å²) in [4.78, 5) is 16.8. The molecule has 0 aliphatic heterocycles. The van der Waals surface area contributed by atoms with Gasteiger partial charge in [0.2, 0.25) is 5.91 Å². The van der Waals surface area contributed by atoms with Crippen LogP contribution in [-0.4, -0.2) is 10.9 Å². The predicted octanol–water partition coefficient (Wildman–Crippen LogP) is 4.61. The van der Waals surface area contributed by atoms with Gasteiger partial charge in [0.1, 0.15) is 4.60 Å². The number of nitrogens with zero attached hydrogens (tertiary/aromatic N) is 1. The molecule has 1 heterocycles. The molecule has 0 saturated carbocycles. The van der Waals surface area contributed by atoms with Crippen molar-refractivity contribution in [2.24, 2.45) is 5.92 Å². The van der Waals surface area contributed by atoms with Crippen LogP contribution in [0.3, 0.4) is 0 Å². The van der Waals surface area contributed by atoms with Crippen molar-refractivity contribution < 1.29 is 4.79 Å². The number of anilines is 1. The van der Waals surface area contributed by atoms with E-state index in [9.17, 15) is 4.79 Å². The summed E-state index contributed by atoms with van der Waals surface area (Å²) in [5, 5.41) is 2.96. The predicted molar refractivity (Wildman–Crippen MR) is 89.2 cm³/mol. The van der Waals surface area contributed by atoms with Gasteiger partial charge in [0.25, 0.3) is 0 Å². The maximum Gasteiger partial charge on any atom is 0.232 e. The summed E-state index contributed by atoms with van der Waals surface area (Å²) in [6.07, 6.45) is 2.60. The number of hydrogen-bond acceptors (Lipinski definition) is 2. The summed E-state index contributed by atoms with van der Waals surface area (Å²) in [6.45, 7) is 4.21. The normalized spacial score (nSPS) is 13.5. The smallest absolute Gasteiger partial charge is 0.232 e. The van der Waals surface area contributed by atoms with E-state index in [2.05, 4.69) is 40.1 Å². The van der Waals surface area contributed by atoms with Gasteiger partial charge in [0.05, 0.1) is 17.8 Å². The van der Waals surface area contributed by atoms with E-state index in [4.69, 9.17) is 0 Å². The molecule has 110 valence electrons. The van der Waals surface area contributed by atoms with Crippen LogP contribution in [0.15, 0.2) is 53.3 Å². The fourth-order valence-electron chi connectivity index (χ4n) is 2.30. The van der Waals surface area contributed by atoms with Crippen molar-refractivity contribution >= 4 is 27.5 Å². The molecule has 1 N–H and O–H groups in total. The number of nitrogens with one attached hydrogen (secondary N) is 1. The van der Waals surface area contributed by atoms with Crippen LogP contribution in [0.25, 0.3) is 0 Å². The molecule has 0 spiro atoms. The molecule has 4 heteroatoms. The van der Waals surface area contributed by atoms with Gasteiger partial charge in [-0.1, -0.05) is 50.6 Å². The molecule has 3 nitrogen and oxygen atoms in total. The fraction of sp³-hybridized carbons (Fsp3) is 0.294. The highest BCUT2D eigenvalue weighted by molar-refractivity contribution is 9.10. The van der Waals surface area contributed by atoms with Crippen molar-refractivity contribution in [1.82, 2.24) is 4.98 Å². The lowest BCUT2D eigenvalue weighted by Crippen LogP contribution is -2.26. The zero-order valence-electron chi connectivity index (χ0n) is 12.2. The number of amides is 1. The van der Waals surface area contributed by atoms with Gasteiger partial charge in [-0.25, -0.2) is 4.98 Å². The number of pyridine rings is 1. The van der Waals surface area contributed by atoms with E-state index < -0.39 is 0 Å². The number of carbonyl (C=O) groups excluding carboxylic acids is 1. The summed E-state index contributed by atoms with van der Waals surface area (Å²) in [5.41, 5.74) is 1.77. The summed E-state index contributed by atoms with van der Waals surface area (Å²) >= 11 is 3.29. The maximum atomic E-state index is 12.6. The summed E-state index contributed by atoms with van der Waals surface area (Å²) in [7, 11) is 0. The number of benzene rings is 1. The first-order valence-corrected chi connectivity index (χ1v) is 7.88. The van der Waals surface area contributed by atoms with E-state index in [1.807, 2.05) is 42.5 Å². The van der Waals surface area contributed by atoms with E-state index in [1.165, 1.54) is 0 Å². The minimum absolute atomic E-state index is 0.0136. The van der Waals surface area contributed by atoms with Crippen molar-refractivity contribution in [3.8, 4) is 0 Å². The van der Waals surface area contributed by atoms with Crippen molar-refractivity contribution in [1.29, 1.82) is 0 Å². The third kappa shape index (κ3) is 4.14.